The number of hydrogen-bond acceptors (Lipinski definition) is 4. The zero-order chi connectivity index (χ0) is 20.2. The Labute approximate surface area is 184 Å². The lowest BCUT2D eigenvalue weighted by atomic mass is 10.2. The minimum absolute atomic E-state index is 0. The number of ether oxygens (including phenoxy) is 2. The molecular weight excluding hydrogens is 500 g/mol. The van der Waals surface area contributed by atoms with E-state index in [-0.39, 0.29) is 36.5 Å². The molecule has 0 aliphatic carbocycles. The summed E-state index contributed by atoms with van der Waals surface area (Å²) >= 11 is 0. The van der Waals surface area contributed by atoms with Gasteiger partial charge in [0.1, 0.15) is 6.61 Å². The Morgan fingerprint density at radius 1 is 1.03 bits per heavy atom. The second kappa shape index (κ2) is 13.2. The summed E-state index contributed by atoms with van der Waals surface area (Å²) in [7, 11) is 1.64. The molecule has 0 amide bonds. The van der Waals surface area contributed by atoms with Crippen LogP contribution in [0.1, 0.15) is 11.1 Å². The van der Waals surface area contributed by atoms with Crippen molar-refractivity contribution in [2.75, 3.05) is 33.4 Å². The van der Waals surface area contributed by atoms with Crippen molar-refractivity contribution in [3.63, 3.8) is 0 Å². The highest BCUT2D eigenvalue weighted by molar-refractivity contribution is 14.0. The van der Waals surface area contributed by atoms with Gasteiger partial charge in [-0.05, 0) is 11.6 Å². The van der Waals surface area contributed by atoms with Crippen molar-refractivity contribution in [3.8, 4) is 5.88 Å². The van der Waals surface area contributed by atoms with Gasteiger partial charge in [0.25, 0.3) is 0 Å². The molecule has 0 radical (unpaired) electrons. The van der Waals surface area contributed by atoms with Crippen molar-refractivity contribution >= 4 is 29.9 Å². The topological polar surface area (TPSA) is 67.8 Å². The van der Waals surface area contributed by atoms with Crippen molar-refractivity contribution in [2.24, 2.45) is 4.99 Å². The zero-order valence-corrected chi connectivity index (χ0v) is 18.2. The molecule has 29 heavy (non-hydrogen) atoms. The molecule has 2 aromatic rings. The first-order valence-electron chi connectivity index (χ1n) is 8.71. The zero-order valence-electron chi connectivity index (χ0n) is 15.9. The number of nitrogens with one attached hydrogen (secondary N) is 2. The van der Waals surface area contributed by atoms with Crippen molar-refractivity contribution in [3.05, 3.63) is 59.8 Å². The summed E-state index contributed by atoms with van der Waals surface area (Å²) in [5, 5.41) is 6.13. The van der Waals surface area contributed by atoms with Crippen LogP contribution in [-0.4, -0.2) is 44.3 Å². The summed E-state index contributed by atoms with van der Waals surface area (Å²) in [6.07, 6.45) is -3.66. The Bertz CT molecular complexity index is 728. The first-order chi connectivity index (χ1) is 13.5. The molecule has 2 N–H and O–H groups in total. The highest BCUT2D eigenvalue weighted by Gasteiger charge is 2.30. The first kappa shape index (κ1) is 25.0. The van der Waals surface area contributed by atoms with E-state index in [2.05, 4.69) is 20.6 Å². The fraction of sp³-hybridized carbons (Fsp3) is 0.368. The number of hydrogen-bond donors (Lipinski definition) is 2. The molecule has 0 saturated carbocycles. The third-order valence-electron chi connectivity index (χ3n) is 3.58. The number of halogens is 4. The molecular formula is C19H24F3IN4O2. The number of aromatic nitrogens is 1. The molecule has 1 aromatic carbocycles. The maximum atomic E-state index is 12.5. The first-order valence-corrected chi connectivity index (χ1v) is 8.71. The summed E-state index contributed by atoms with van der Waals surface area (Å²) in [4.78, 5) is 7.71. The van der Waals surface area contributed by atoms with Gasteiger partial charge < -0.3 is 20.1 Å². The molecule has 0 spiro atoms. The Balaban J connectivity index is 0.00000420. The minimum atomic E-state index is -4.41. The summed E-state index contributed by atoms with van der Waals surface area (Å²) < 4.78 is 48.3. The molecule has 0 aliphatic heterocycles. The molecule has 1 aromatic heterocycles. The number of pyridine rings is 1. The molecule has 2 rings (SSSR count). The van der Waals surface area contributed by atoms with Crippen LogP contribution in [0.25, 0.3) is 0 Å². The van der Waals surface area contributed by atoms with Crippen LogP contribution >= 0.6 is 24.0 Å². The van der Waals surface area contributed by atoms with Gasteiger partial charge in [-0.1, -0.05) is 30.3 Å². The van der Waals surface area contributed by atoms with Crippen LogP contribution in [0, 0.1) is 0 Å². The lowest BCUT2D eigenvalue weighted by Gasteiger charge is -2.13. The van der Waals surface area contributed by atoms with Gasteiger partial charge in [0, 0.05) is 25.9 Å². The van der Waals surface area contributed by atoms with Crippen LogP contribution in [0.5, 0.6) is 5.88 Å². The highest BCUT2D eigenvalue weighted by atomic mass is 127. The van der Waals surface area contributed by atoms with Gasteiger partial charge in [0.2, 0.25) is 5.88 Å². The fourth-order valence-corrected chi connectivity index (χ4v) is 2.18. The largest absolute Gasteiger partial charge is 0.476 e. The number of rotatable bonds is 9. The van der Waals surface area contributed by atoms with Gasteiger partial charge in [-0.25, -0.2) is 4.98 Å². The second-order valence-corrected chi connectivity index (χ2v) is 5.70. The Morgan fingerprint density at radius 2 is 1.72 bits per heavy atom. The van der Waals surface area contributed by atoms with Crippen molar-refractivity contribution in [2.45, 2.75) is 12.8 Å². The van der Waals surface area contributed by atoms with Crippen molar-refractivity contribution < 1.29 is 22.6 Å². The predicted molar refractivity (Wildman–Crippen MR) is 116 cm³/mol. The molecule has 160 valence electrons. The molecule has 0 saturated heterocycles. The Hall–Kier alpha value is -2.08. The molecule has 0 unspecified atom stereocenters. The number of guanidine groups is 1. The predicted octanol–water partition coefficient (Wildman–Crippen LogP) is 3.48. The number of benzene rings is 1. The molecule has 0 fully saturated rings. The lowest BCUT2D eigenvalue weighted by Crippen LogP contribution is -2.40. The molecule has 1 heterocycles. The van der Waals surface area contributed by atoms with E-state index in [9.17, 15) is 13.2 Å². The fourth-order valence-electron chi connectivity index (χ4n) is 2.18. The van der Waals surface area contributed by atoms with Gasteiger partial charge in [-0.15, -0.1) is 24.0 Å². The smallest absolute Gasteiger partial charge is 0.417 e. The minimum Gasteiger partial charge on any atom is -0.476 e. The summed E-state index contributed by atoms with van der Waals surface area (Å²) in [5.74, 6) is 0.708. The molecule has 0 bridgehead atoms. The van der Waals surface area contributed by atoms with Crippen LogP contribution < -0.4 is 15.4 Å². The molecule has 0 aliphatic rings. The van der Waals surface area contributed by atoms with Gasteiger partial charge >= 0.3 is 6.18 Å². The normalized spacial score (nSPS) is 11.5. The maximum Gasteiger partial charge on any atom is 0.417 e. The van der Waals surface area contributed by atoms with Gasteiger partial charge in [0.15, 0.2) is 5.96 Å². The maximum absolute atomic E-state index is 12.5. The average Bonchev–Trinajstić information content (AvgIpc) is 2.70. The van der Waals surface area contributed by atoms with Crippen LogP contribution in [0.2, 0.25) is 0 Å². The van der Waals surface area contributed by atoms with E-state index in [1.54, 1.807) is 7.05 Å². The monoisotopic (exact) mass is 524 g/mol. The van der Waals surface area contributed by atoms with E-state index in [4.69, 9.17) is 9.47 Å². The lowest BCUT2D eigenvalue weighted by molar-refractivity contribution is -0.137. The van der Waals surface area contributed by atoms with Crippen molar-refractivity contribution in [1.29, 1.82) is 0 Å². The van der Waals surface area contributed by atoms with E-state index >= 15 is 0 Å². The van der Waals surface area contributed by atoms with E-state index in [0.717, 1.165) is 17.8 Å². The third-order valence-corrected chi connectivity index (χ3v) is 3.58. The van der Waals surface area contributed by atoms with Crippen molar-refractivity contribution in [1.82, 2.24) is 15.6 Å². The molecule has 10 heteroatoms. The van der Waals surface area contributed by atoms with Gasteiger partial charge in [0.05, 0.1) is 25.3 Å². The molecule has 0 atom stereocenters. The van der Waals surface area contributed by atoms with Crippen LogP contribution in [0.4, 0.5) is 13.2 Å². The van der Waals surface area contributed by atoms with Crippen LogP contribution in [0.3, 0.4) is 0 Å². The standard InChI is InChI=1S/C19H23F3N4O2.HI/c1-23-18(24-9-11-27-14-15-5-3-2-4-6-15)25-10-12-28-17-8-7-16(13-26-17)19(20,21)22;/h2-8,13H,9-12,14H2,1H3,(H2,23,24,25);1H. The highest BCUT2D eigenvalue weighted by Crippen LogP contribution is 2.29. The van der Waals surface area contributed by atoms with E-state index < -0.39 is 11.7 Å². The number of alkyl halides is 3. The number of nitrogens with zero attached hydrogens (tertiary/aromatic N) is 2. The average molecular weight is 524 g/mol. The Morgan fingerprint density at radius 3 is 2.31 bits per heavy atom. The van der Waals surface area contributed by atoms with Crippen LogP contribution in [0.15, 0.2) is 53.7 Å². The van der Waals surface area contributed by atoms with Gasteiger partial charge in [-0.2, -0.15) is 13.2 Å². The van der Waals surface area contributed by atoms with Gasteiger partial charge in [-0.3, -0.25) is 4.99 Å². The summed E-state index contributed by atoms with van der Waals surface area (Å²) in [5.41, 5.74) is 0.302. The summed E-state index contributed by atoms with van der Waals surface area (Å²) in [6.45, 7) is 2.27. The summed E-state index contributed by atoms with van der Waals surface area (Å²) in [6, 6.07) is 12.0. The Kier molecular flexibility index (Phi) is 11.4. The molecule has 6 nitrogen and oxygen atoms in total. The van der Waals surface area contributed by atoms with E-state index in [1.807, 2.05) is 30.3 Å². The SMILES string of the molecule is CN=C(NCCOCc1ccccc1)NCCOc1ccc(C(F)(F)F)cn1.I. The van der Waals surface area contributed by atoms with Crippen LogP contribution in [-0.2, 0) is 17.5 Å². The number of aliphatic imine (C=N–C) groups is 1. The van der Waals surface area contributed by atoms with E-state index in [1.165, 1.54) is 6.07 Å². The third kappa shape index (κ3) is 9.79. The van der Waals surface area contributed by atoms with E-state index in [0.29, 0.717) is 32.3 Å². The quantitative estimate of drug-likeness (QED) is 0.228. The second-order valence-electron chi connectivity index (χ2n) is 5.70.